The zero-order chi connectivity index (χ0) is 19.2. The molecule has 3 heterocycles. The van der Waals surface area contributed by atoms with Crippen molar-refractivity contribution in [3.63, 3.8) is 0 Å². The van der Waals surface area contributed by atoms with E-state index in [9.17, 15) is 15.0 Å². The van der Waals surface area contributed by atoms with Gasteiger partial charge < -0.3 is 24.6 Å². The Balaban J connectivity index is 1.81. The number of piperidine rings is 1. The Morgan fingerprint density at radius 3 is 2.78 bits per heavy atom. The Labute approximate surface area is 157 Å². The topological polar surface area (TPSA) is 92.1 Å². The van der Waals surface area contributed by atoms with Crippen LogP contribution in [-0.4, -0.2) is 47.2 Å². The number of carbonyl (C=O) groups is 1. The number of anilines is 1. The maximum atomic E-state index is 12.1. The number of carboxylic acids is 1. The summed E-state index contributed by atoms with van der Waals surface area (Å²) in [6, 6.07) is 5.75. The highest BCUT2D eigenvalue weighted by Gasteiger charge is 2.48. The monoisotopic (exact) mass is 372 g/mol. The number of aryl methyl sites for hydroxylation is 1. The first kappa shape index (κ1) is 17.9. The fraction of sp³-hybridized carbons (Fsp3) is 0.500. The number of carboxylic acid groups (broad SMARTS) is 1. The van der Waals surface area contributed by atoms with E-state index in [2.05, 4.69) is 9.88 Å². The minimum absolute atomic E-state index is 0.189. The molecule has 0 saturated carbocycles. The average molecular weight is 372 g/mol. The number of aromatic nitrogens is 1. The van der Waals surface area contributed by atoms with Crippen LogP contribution in [0.3, 0.4) is 0 Å². The highest BCUT2D eigenvalue weighted by molar-refractivity contribution is 5.95. The second-order valence-corrected chi connectivity index (χ2v) is 7.44. The van der Waals surface area contributed by atoms with Gasteiger partial charge in [-0.05, 0) is 31.9 Å². The molecule has 2 atom stereocenters. The van der Waals surface area contributed by atoms with Crippen molar-refractivity contribution < 1.29 is 24.5 Å². The van der Waals surface area contributed by atoms with Crippen LogP contribution in [0.2, 0.25) is 0 Å². The second-order valence-electron chi connectivity index (χ2n) is 7.44. The van der Waals surface area contributed by atoms with Gasteiger partial charge in [0.25, 0.3) is 0 Å². The molecule has 4 rings (SSSR count). The van der Waals surface area contributed by atoms with Gasteiger partial charge in [-0.1, -0.05) is 13.3 Å². The van der Waals surface area contributed by atoms with Crippen molar-refractivity contribution in [1.29, 1.82) is 0 Å². The lowest BCUT2D eigenvalue weighted by Gasteiger charge is -2.44. The molecule has 0 unspecified atom stereocenters. The van der Waals surface area contributed by atoms with Crippen LogP contribution < -0.4 is 14.4 Å². The summed E-state index contributed by atoms with van der Waals surface area (Å²) in [5, 5.41) is 21.3. The van der Waals surface area contributed by atoms with Gasteiger partial charge in [0.05, 0.1) is 11.6 Å². The fourth-order valence-electron chi connectivity index (χ4n) is 4.28. The van der Waals surface area contributed by atoms with Crippen molar-refractivity contribution in [2.24, 2.45) is 5.41 Å². The SMILES string of the molecule is CCC[C@@]1(C(=O)O)CN(c2cc(C)nc3cc4c(cc23)OCO4)CC[C@H]1O. The van der Waals surface area contributed by atoms with Crippen LogP contribution in [0.25, 0.3) is 10.9 Å². The van der Waals surface area contributed by atoms with Crippen molar-refractivity contribution in [3.8, 4) is 11.5 Å². The number of aliphatic hydroxyl groups is 1. The first-order valence-corrected chi connectivity index (χ1v) is 9.32. The van der Waals surface area contributed by atoms with Gasteiger partial charge in [-0.15, -0.1) is 0 Å². The number of fused-ring (bicyclic) bond motifs is 2. The van der Waals surface area contributed by atoms with Crippen LogP contribution in [0.15, 0.2) is 18.2 Å². The highest BCUT2D eigenvalue weighted by Crippen LogP contribution is 2.42. The minimum Gasteiger partial charge on any atom is -0.481 e. The van der Waals surface area contributed by atoms with Crippen LogP contribution in [0.4, 0.5) is 5.69 Å². The summed E-state index contributed by atoms with van der Waals surface area (Å²) in [4.78, 5) is 18.8. The molecular weight excluding hydrogens is 348 g/mol. The van der Waals surface area contributed by atoms with Crippen LogP contribution >= 0.6 is 0 Å². The molecule has 2 aliphatic rings. The highest BCUT2D eigenvalue weighted by atomic mass is 16.7. The van der Waals surface area contributed by atoms with Crippen LogP contribution in [0, 0.1) is 12.3 Å². The maximum absolute atomic E-state index is 12.1. The standard InChI is InChI=1S/C20H24N2O5/c1-3-5-20(19(24)25)10-22(6-4-18(20)23)15-7-12(2)21-14-9-17-16(8-13(14)15)26-11-27-17/h7-9,18,23H,3-6,10-11H2,1-2H3,(H,24,25)/t18-,20-/m1/s1. The fourth-order valence-corrected chi connectivity index (χ4v) is 4.28. The summed E-state index contributed by atoms with van der Waals surface area (Å²) in [6.07, 6.45) is 0.710. The predicted molar refractivity (Wildman–Crippen MR) is 100 cm³/mol. The second kappa shape index (κ2) is 6.56. The molecular formula is C20H24N2O5. The van der Waals surface area contributed by atoms with Crippen LogP contribution in [-0.2, 0) is 4.79 Å². The number of rotatable bonds is 4. The van der Waals surface area contributed by atoms with E-state index in [0.717, 1.165) is 22.3 Å². The lowest BCUT2D eigenvalue weighted by Crippen LogP contribution is -2.56. The van der Waals surface area contributed by atoms with E-state index in [-0.39, 0.29) is 13.3 Å². The Morgan fingerprint density at radius 1 is 1.33 bits per heavy atom. The van der Waals surface area contributed by atoms with E-state index in [0.29, 0.717) is 37.3 Å². The number of aliphatic hydroxyl groups excluding tert-OH is 1. The summed E-state index contributed by atoms with van der Waals surface area (Å²) in [5.74, 6) is 0.408. The first-order valence-electron chi connectivity index (χ1n) is 9.32. The lowest BCUT2D eigenvalue weighted by atomic mass is 9.73. The number of hydrogen-bond acceptors (Lipinski definition) is 6. The number of ether oxygens (including phenoxy) is 2. The molecule has 0 spiro atoms. The van der Waals surface area contributed by atoms with E-state index < -0.39 is 17.5 Å². The summed E-state index contributed by atoms with van der Waals surface area (Å²) in [7, 11) is 0. The van der Waals surface area contributed by atoms with E-state index in [1.54, 1.807) is 0 Å². The molecule has 1 saturated heterocycles. The zero-order valence-corrected chi connectivity index (χ0v) is 15.6. The molecule has 2 N–H and O–H groups in total. The molecule has 0 radical (unpaired) electrons. The third-order valence-corrected chi connectivity index (χ3v) is 5.66. The van der Waals surface area contributed by atoms with Crippen LogP contribution in [0.1, 0.15) is 31.9 Å². The van der Waals surface area contributed by atoms with Gasteiger partial charge in [0.1, 0.15) is 5.41 Å². The number of benzene rings is 1. The number of pyridine rings is 1. The number of aliphatic carboxylic acids is 1. The summed E-state index contributed by atoms with van der Waals surface area (Å²) >= 11 is 0. The molecule has 2 aliphatic heterocycles. The van der Waals surface area contributed by atoms with Crippen LogP contribution in [0.5, 0.6) is 11.5 Å². The smallest absolute Gasteiger partial charge is 0.314 e. The molecule has 1 aromatic carbocycles. The predicted octanol–water partition coefficient (Wildman–Crippen LogP) is 2.71. The largest absolute Gasteiger partial charge is 0.481 e. The van der Waals surface area contributed by atoms with E-state index >= 15 is 0 Å². The summed E-state index contributed by atoms with van der Waals surface area (Å²) in [5.41, 5.74) is 1.40. The molecule has 27 heavy (non-hydrogen) atoms. The molecule has 7 nitrogen and oxygen atoms in total. The molecule has 2 aromatic rings. The number of hydrogen-bond donors (Lipinski definition) is 2. The molecule has 7 heteroatoms. The normalized spacial score (nSPS) is 24.4. The van der Waals surface area contributed by atoms with Crippen molar-refractivity contribution in [2.75, 3.05) is 24.8 Å². The molecule has 0 amide bonds. The Morgan fingerprint density at radius 2 is 2.07 bits per heavy atom. The van der Waals surface area contributed by atoms with Crippen molar-refractivity contribution in [3.05, 3.63) is 23.9 Å². The Kier molecular flexibility index (Phi) is 4.34. The molecule has 0 aliphatic carbocycles. The summed E-state index contributed by atoms with van der Waals surface area (Å²) in [6.45, 7) is 4.91. The van der Waals surface area contributed by atoms with E-state index in [1.807, 2.05) is 32.0 Å². The molecule has 0 bridgehead atoms. The van der Waals surface area contributed by atoms with Gasteiger partial charge in [0.15, 0.2) is 11.5 Å². The Hall–Kier alpha value is -2.54. The first-order chi connectivity index (χ1) is 12.9. The van der Waals surface area contributed by atoms with Crippen molar-refractivity contribution in [2.45, 2.75) is 39.2 Å². The van der Waals surface area contributed by atoms with Gasteiger partial charge in [-0.3, -0.25) is 9.78 Å². The lowest BCUT2D eigenvalue weighted by molar-refractivity contribution is -0.158. The summed E-state index contributed by atoms with van der Waals surface area (Å²) < 4.78 is 11.0. The molecule has 1 fully saturated rings. The third-order valence-electron chi connectivity index (χ3n) is 5.66. The van der Waals surface area contributed by atoms with E-state index in [1.165, 1.54) is 0 Å². The minimum atomic E-state index is -1.16. The third kappa shape index (κ3) is 2.86. The van der Waals surface area contributed by atoms with Gasteiger partial charge in [-0.25, -0.2) is 0 Å². The maximum Gasteiger partial charge on any atom is 0.314 e. The Bertz CT molecular complexity index is 900. The molecule has 1 aromatic heterocycles. The average Bonchev–Trinajstić information content (AvgIpc) is 3.08. The van der Waals surface area contributed by atoms with Crippen molar-refractivity contribution >= 4 is 22.6 Å². The number of nitrogens with zero attached hydrogens (tertiary/aromatic N) is 2. The zero-order valence-electron chi connectivity index (χ0n) is 15.6. The van der Waals surface area contributed by atoms with Gasteiger partial charge >= 0.3 is 5.97 Å². The van der Waals surface area contributed by atoms with Gasteiger partial charge in [0.2, 0.25) is 6.79 Å². The quantitative estimate of drug-likeness (QED) is 0.852. The van der Waals surface area contributed by atoms with Gasteiger partial charge in [0, 0.05) is 35.9 Å². The van der Waals surface area contributed by atoms with Crippen molar-refractivity contribution in [1.82, 2.24) is 4.98 Å². The van der Waals surface area contributed by atoms with Gasteiger partial charge in [-0.2, -0.15) is 0 Å². The molecule has 144 valence electrons. The van der Waals surface area contributed by atoms with E-state index in [4.69, 9.17) is 9.47 Å².